The van der Waals surface area contributed by atoms with Gasteiger partial charge in [-0.3, -0.25) is 4.98 Å². The second-order valence-electron chi connectivity index (χ2n) is 5.10. The van der Waals surface area contributed by atoms with Crippen LogP contribution in [0.25, 0.3) is 22.2 Å². The number of aldehydes is 1. The molecule has 0 unspecified atom stereocenters. The summed E-state index contributed by atoms with van der Waals surface area (Å²) in [7, 11) is 0. The van der Waals surface area contributed by atoms with Gasteiger partial charge >= 0.3 is 5.97 Å². The second-order valence-corrected chi connectivity index (χ2v) is 5.54. The highest BCUT2D eigenvalue weighted by Gasteiger charge is 2.25. The Balaban J connectivity index is 2.36. The Morgan fingerprint density at radius 3 is 2.71 bits per heavy atom. The lowest BCUT2D eigenvalue weighted by Gasteiger charge is -2.09. The molecule has 0 bridgehead atoms. The number of halogens is 1. The van der Waals surface area contributed by atoms with E-state index < -0.39 is 5.97 Å². The van der Waals surface area contributed by atoms with E-state index in [0.29, 0.717) is 27.3 Å². The first kappa shape index (κ1) is 16.2. The molecule has 0 fully saturated rings. The first-order chi connectivity index (χ1) is 11.7. The minimum atomic E-state index is -0.484. The van der Waals surface area contributed by atoms with Crippen molar-refractivity contribution in [1.82, 2.24) is 9.55 Å². The van der Waals surface area contributed by atoms with E-state index in [1.165, 1.54) is 0 Å². The molecule has 0 aliphatic carbocycles. The molecular weight excluding hydrogens is 328 g/mol. The molecule has 1 aromatic carbocycles. The third kappa shape index (κ3) is 2.78. The van der Waals surface area contributed by atoms with Crippen LogP contribution in [0.3, 0.4) is 0 Å². The number of hydrogen-bond donors (Lipinski definition) is 0. The van der Waals surface area contributed by atoms with Crippen LogP contribution < -0.4 is 0 Å². The van der Waals surface area contributed by atoms with E-state index in [1.807, 2.05) is 18.2 Å². The first-order valence-electron chi connectivity index (χ1n) is 7.51. The summed E-state index contributed by atoms with van der Waals surface area (Å²) >= 11 is 5.97. The van der Waals surface area contributed by atoms with E-state index in [-0.39, 0.29) is 13.2 Å². The van der Waals surface area contributed by atoms with Gasteiger partial charge in [-0.25, -0.2) is 4.79 Å². The Hall–Kier alpha value is -2.66. The van der Waals surface area contributed by atoms with E-state index in [0.717, 1.165) is 11.8 Å². The van der Waals surface area contributed by atoms with Crippen molar-refractivity contribution < 1.29 is 14.3 Å². The molecule has 6 heteroatoms. The smallest absolute Gasteiger partial charge is 0.355 e. The lowest BCUT2D eigenvalue weighted by Crippen LogP contribution is -2.14. The summed E-state index contributed by atoms with van der Waals surface area (Å²) in [5.41, 5.74) is 3.10. The predicted octanol–water partition coefficient (Wildman–Crippen LogP) is 3.73. The first-order valence-corrected chi connectivity index (χ1v) is 7.89. The number of aromatic nitrogens is 2. The third-order valence-electron chi connectivity index (χ3n) is 3.68. The van der Waals surface area contributed by atoms with Gasteiger partial charge in [-0.2, -0.15) is 0 Å². The number of ether oxygens (including phenoxy) is 1. The lowest BCUT2D eigenvalue weighted by atomic mass is 10.0. The maximum Gasteiger partial charge on any atom is 0.355 e. The summed E-state index contributed by atoms with van der Waals surface area (Å²) in [4.78, 5) is 28.1. The van der Waals surface area contributed by atoms with E-state index >= 15 is 0 Å². The van der Waals surface area contributed by atoms with Gasteiger partial charge in [0, 0.05) is 16.8 Å². The molecule has 0 atom stereocenters. The number of carbonyl (C=O) groups is 2. The average molecular weight is 343 g/mol. The molecule has 3 rings (SSSR count). The van der Waals surface area contributed by atoms with Gasteiger partial charge in [0.25, 0.3) is 0 Å². The van der Waals surface area contributed by atoms with Crippen LogP contribution in [0.1, 0.15) is 17.4 Å². The quantitative estimate of drug-likeness (QED) is 0.523. The Morgan fingerprint density at radius 2 is 2.04 bits per heavy atom. The molecule has 122 valence electrons. The molecule has 0 saturated heterocycles. The van der Waals surface area contributed by atoms with Gasteiger partial charge in [-0.05, 0) is 36.8 Å². The van der Waals surface area contributed by atoms with Gasteiger partial charge in [0.1, 0.15) is 12.0 Å². The highest BCUT2D eigenvalue weighted by Crippen LogP contribution is 2.34. The van der Waals surface area contributed by atoms with Crippen LogP contribution in [0, 0.1) is 0 Å². The highest BCUT2D eigenvalue weighted by atomic mass is 35.5. The molecule has 0 spiro atoms. The van der Waals surface area contributed by atoms with Gasteiger partial charge in [-0.1, -0.05) is 23.7 Å². The van der Waals surface area contributed by atoms with E-state index in [1.54, 1.807) is 35.9 Å². The molecule has 5 nitrogen and oxygen atoms in total. The number of rotatable bonds is 5. The van der Waals surface area contributed by atoms with Gasteiger partial charge < -0.3 is 14.1 Å². The normalized spacial score (nSPS) is 10.8. The van der Waals surface area contributed by atoms with Gasteiger partial charge in [-0.15, -0.1) is 0 Å². The molecule has 2 heterocycles. The molecule has 0 aliphatic rings. The minimum Gasteiger partial charge on any atom is -0.461 e. The third-order valence-corrected chi connectivity index (χ3v) is 3.93. The van der Waals surface area contributed by atoms with Gasteiger partial charge in [0.15, 0.2) is 0 Å². The molecule has 0 aliphatic heterocycles. The Bertz CT molecular complexity index is 901. The van der Waals surface area contributed by atoms with Crippen molar-refractivity contribution in [3.63, 3.8) is 0 Å². The summed E-state index contributed by atoms with van der Waals surface area (Å²) in [5, 5.41) is 0.598. The lowest BCUT2D eigenvalue weighted by molar-refractivity contribution is -0.108. The largest absolute Gasteiger partial charge is 0.461 e. The van der Waals surface area contributed by atoms with Crippen molar-refractivity contribution in [2.45, 2.75) is 13.5 Å². The monoisotopic (exact) mass is 342 g/mol. The molecule has 24 heavy (non-hydrogen) atoms. The maximum absolute atomic E-state index is 12.6. The van der Waals surface area contributed by atoms with Crippen LogP contribution >= 0.6 is 11.6 Å². The maximum atomic E-state index is 12.6. The number of carbonyl (C=O) groups excluding carboxylic acids is 2. The SMILES string of the molecule is CCOC(=O)c1c(-c2ccc(Cl)cc2)c2ncccc2n1CC=O. The molecule has 0 amide bonds. The van der Waals surface area contributed by atoms with Crippen molar-refractivity contribution in [1.29, 1.82) is 0 Å². The van der Waals surface area contributed by atoms with Crippen LogP contribution in [0.15, 0.2) is 42.6 Å². The van der Waals surface area contributed by atoms with Crippen LogP contribution in [0.2, 0.25) is 5.02 Å². The summed E-state index contributed by atoms with van der Waals surface area (Å²) < 4.78 is 6.84. The standard InChI is InChI=1S/C18H15ClN2O3/c1-2-24-18(23)17-15(12-5-7-13(19)8-6-12)16-14(4-3-9-20-16)21(17)10-11-22/h3-9,11H,2,10H2,1H3. The molecule has 0 saturated carbocycles. The fourth-order valence-corrected chi connectivity index (χ4v) is 2.87. The molecule has 0 N–H and O–H groups in total. The van der Waals surface area contributed by atoms with Crippen molar-refractivity contribution in [3.8, 4) is 11.1 Å². The number of hydrogen-bond acceptors (Lipinski definition) is 4. The Morgan fingerprint density at radius 1 is 1.29 bits per heavy atom. The zero-order chi connectivity index (χ0) is 17.1. The Kier molecular flexibility index (Phi) is 4.62. The molecule has 3 aromatic rings. The summed E-state index contributed by atoms with van der Waals surface area (Å²) in [6.45, 7) is 2.03. The van der Waals surface area contributed by atoms with Crippen LogP contribution in [0.4, 0.5) is 0 Å². The van der Waals surface area contributed by atoms with Crippen molar-refractivity contribution in [2.75, 3.05) is 6.61 Å². The summed E-state index contributed by atoms with van der Waals surface area (Å²) in [6.07, 6.45) is 2.41. The zero-order valence-electron chi connectivity index (χ0n) is 13.0. The van der Waals surface area contributed by atoms with Crippen LogP contribution in [-0.4, -0.2) is 28.4 Å². The zero-order valence-corrected chi connectivity index (χ0v) is 13.8. The fourth-order valence-electron chi connectivity index (χ4n) is 2.74. The molecule has 2 aromatic heterocycles. The van der Waals surface area contributed by atoms with Gasteiger partial charge in [0.05, 0.1) is 24.2 Å². The Labute approximate surface area is 143 Å². The predicted molar refractivity (Wildman–Crippen MR) is 92.2 cm³/mol. The number of fused-ring (bicyclic) bond motifs is 1. The summed E-state index contributed by atoms with van der Waals surface area (Å²) in [6, 6.07) is 10.7. The van der Waals surface area contributed by atoms with E-state index in [9.17, 15) is 9.59 Å². The van der Waals surface area contributed by atoms with Crippen molar-refractivity contribution in [3.05, 3.63) is 53.3 Å². The fraction of sp³-hybridized carbons (Fsp3) is 0.167. The average Bonchev–Trinajstić information content (AvgIpc) is 2.91. The minimum absolute atomic E-state index is 0.0456. The number of pyridine rings is 1. The van der Waals surface area contributed by atoms with Crippen LogP contribution in [0.5, 0.6) is 0 Å². The molecular formula is C18H15ClN2O3. The van der Waals surface area contributed by atoms with E-state index in [2.05, 4.69) is 4.98 Å². The van der Waals surface area contributed by atoms with Crippen molar-refractivity contribution >= 4 is 34.9 Å². The number of esters is 1. The summed E-state index contributed by atoms with van der Waals surface area (Å²) in [5.74, 6) is -0.484. The second kappa shape index (κ2) is 6.84. The van der Waals surface area contributed by atoms with Gasteiger partial charge in [0.2, 0.25) is 0 Å². The highest BCUT2D eigenvalue weighted by molar-refractivity contribution is 6.30. The van der Waals surface area contributed by atoms with E-state index in [4.69, 9.17) is 16.3 Å². The van der Waals surface area contributed by atoms with Crippen molar-refractivity contribution in [2.24, 2.45) is 0 Å². The number of benzene rings is 1. The number of nitrogens with zero attached hydrogens (tertiary/aromatic N) is 2. The molecule has 0 radical (unpaired) electrons. The topological polar surface area (TPSA) is 61.2 Å². The van der Waals surface area contributed by atoms with Crippen LogP contribution in [-0.2, 0) is 16.1 Å².